The Labute approximate surface area is 108 Å². The number of hydrogen-bond acceptors (Lipinski definition) is 3. The Kier molecular flexibility index (Phi) is 3.27. The van der Waals surface area contributed by atoms with Crippen LogP contribution in [0.3, 0.4) is 0 Å². The molecule has 0 spiro atoms. The largest absolute Gasteiger partial charge is 0.490 e. The van der Waals surface area contributed by atoms with Crippen LogP contribution in [-0.2, 0) is 12.8 Å². The molecule has 1 aromatic rings. The fourth-order valence-electron chi connectivity index (χ4n) is 2.97. The van der Waals surface area contributed by atoms with E-state index in [9.17, 15) is 5.11 Å². The number of piperidine rings is 1. The molecule has 1 aromatic carbocycles. The van der Waals surface area contributed by atoms with Gasteiger partial charge in [0.05, 0.1) is 0 Å². The Morgan fingerprint density at radius 3 is 2.89 bits per heavy atom. The third kappa shape index (κ3) is 2.38. The average molecular weight is 247 g/mol. The van der Waals surface area contributed by atoms with E-state index in [1.807, 2.05) is 6.07 Å². The van der Waals surface area contributed by atoms with Crippen LogP contribution >= 0.6 is 0 Å². The van der Waals surface area contributed by atoms with Crippen molar-refractivity contribution < 1.29 is 9.84 Å². The van der Waals surface area contributed by atoms with Gasteiger partial charge >= 0.3 is 0 Å². The Morgan fingerprint density at radius 2 is 2.06 bits per heavy atom. The van der Waals surface area contributed by atoms with Crippen molar-refractivity contribution in [2.75, 3.05) is 19.7 Å². The van der Waals surface area contributed by atoms with Gasteiger partial charge in [0.25, 0.3) is 0 Å². The summed E-state index contributed by atoms with van der Waals surface area (Å²) in [7, 11) is 0. The lowest BCUT2D eigenvalue weighted by atomic mass is 9.93. The molecule has 0 atom stereocenters. The summed E-state index contributed by atoms with van der Waals surface area (Å²) in [5, 5.41) is 13.7. The molecule has 0 bridgehead atoms. The van der Waals surface area contributed by atoms with Crippen molar-refractivity contribution in [3.63, 3.8) is 0 Å². The van der Waals surface area contributed by atoms with E-state index < -0.39 is 5.60 Å². The SMILES string of the molecule is OC1(COc2cccc3c2CCC3)CCNCC1. The molecule has 18 heavy (non-hydrogen) atoms. The lowest BCUT2D eigenvalue weighted by molar-refractivity contribution is -0.0287. The smallest absolute Gasteiger partial charge is 0.122 e. The van der Waals surface area contributed by atoms with Crippen molar-refractivity contribution >= 4 is 0 Å². The zero-order chi connectivity index (χ0) is 12.4. The van der Waals surface area contributed by atoms with Gasteiger partial charge in [-0.3, -0.25) is 0 Å². The molecule has 1 aliphatic carbocycles. The van der Waals surface area contributed by atoms with Crippen molar-refractivity contribution in [1.82, 2.24) is 5.32 Å². The summed E-state index contributed by atoms with van der Waals surface area (Å²) in [6.45, 7) is 2.19. The zero-order valence-corrected chi connectivity index (χ0v) is 10.7. The van der Waals surface area contributed by atoms with E-state index in [1.54, 1.807) is 0 Å². The summed E-state index contributed by atoms with van der Waals surface area (Å²) < 4.78 is 5.91. The van der Waals surface area contributed by atoms with Gasteiger partial charge in [0.2, 0.25) is 0 Å². The second-order valence-electron chi connectivity index (χ2n) is 5.51. The maximum absolute atomic E-state index is 10.4. The topological polar surface area (TPSA) is 41.5 Å². The highest BCUT2D eigenvalue weighted by Gasteiger charge is 2.30. The lowest BCUT2D eigenvalue weighted by Crippen LogP contribution is -2.46. The first kappa shape index (κ1) is 12.0. The van der Waals surface area contributed by atoms with Crippen LogP contribution in [-0.4, -0.2) is 30.4 Å². The van der Waals surface area contributed by atoms with Gasteiger partial charge in [-0.15, -0.1) is 0 Å². The molecule has 1 saturated heterocycles. The maximum Gasteiger partial charge on any atom is 0.122 e. The summed E-state index contributed by atoms with van der Waals surface area (Å²) >= 11 is 0. The van der Waals surface area contributed by atoms with Crippen molar-refractivity contribution in [2.24, 2.45) is 0 Å². The lowest BCUT2D eigenvalue weighted by Gasteiger charge is -2.32. The first-order chi connectivity index (χ1) is 8.77. The Morgan fingerprint density at radius 1 is 1.22 bits per heavy atom. The molecular weight excluding hydrogens is 226 g/mol. The number of fused-ring (bicyclic) bond motifs is 1. The van der Waals surface area contributed by atoms with Gasteiger partial charge in [0.1, 0.15) is 18.0 Å². The number of hydrogen-bond donors (Lipinski definition) is 2. The van der Waals surface area contributed by atoms with E-state index in [1.165, 1.54) is 24.0 Å². The molecule has 3 nitrogen and oxygen atoms in total. The number of aliphatic hydroxyl groups is 1. The highest BCUT2D eigenvalue weighted by atomic mass is 16.5. The van der Waals surface area contributed by atoms with Gasteiger partial charge in [-0.2, -0.15) is 0 Å². The van der Waals surface area contributed by atoms with Gasteiger partial charge in [-0.1, -0.05) is 12.1 Å². The van der Waals surface area contributed by atoms with Gasteiger partial charge in [0.15, 0.2) is 0 Å². The van der Waals surface area contributed by atoms with Crippen LogP contribution in [0.1, 0.15) is 30.4 Å². The summed E-state index contributed by atoms with van der Waals surface area (Å²) in [5.74, 6) is 0.983. The molecule has 3 heteroatoms. The summed E-state index contributed by atoms with van der Waals surface area (Å²) in [4.78, 5) is 0. The summed E-state index contributed by atoms with van der Waals surface area (Å²) in [5.41, 5.74) is 2.13. The molecule has 1 heterocycles. The zero-order valence-electron chi connectivity index (χ0n) is 10.7. The number of nitrogens with one attached hydrogen (secondary N) is 1. The number of rotatable bonds is 3. The highest BCUT2D eigenvalue weighted by molar-refractivity contribution is 5.43. The molecular formula is C15H21NO2. The standard InChI is InChI=1S/C15H21NO2/c17-15(7-9-16-10-8-15)11-18-14-6-2-4-12-3-1-5-13(12)14/h2,4,6,16-17H,1,3,5,7-11H2. The fourth-order valence-corrected chi connectivity index (χ4v) is 2.97. The Hall–Kier alpha value is -1.06. The van der Waals surface area contributed by atoms with Gasteiger partial charge in [-0.05, 0) is 62.4 Å². The maximum atomic E-state index is 10.4. The van der Waals surface area contributed by atoms with Crippen LogP contribution < -0.4 is 10.1 Å². The van der Waals surface area contributed by atoms with Crippen LogP contribution in [0.4, 0.5) is 0 Å². The van der Waals surface area contributed by atoms with Crippen LogP contribution in [0.5, 0.6) is 5.75 Å². The minimum atomic E-state index is -0.646. The van der Waals surface area contributed by atoms with Crippen molar-refractivity contribution in [2.45, 2.75) is 37.7 Å². The Bertz CT molecular complexity index is 425. The van der Waals surface area contributed by atoms with E-state index in [0.717, 1.165) is 38.1 Å². The third-order valence-corrected chi connectivity index (χ3v) is 4.13. The van der Waals surface area contributed by atoms with E-state index in [-0.39, 0.29) is 0 Å². The molecule has 98 valence electrons. The molecule has 0 amide bonds. The molecule has 2 N–H and O–H groups in total. The molecule has 0 unspecified atom stereocenters. The van der Waals surface area contributed by atoms with Crippen LogP contribution in [0, 0.1) is 0 Å². The molecule has 1 aliphatic heterocycles. The average Bonchev–Trinajstić information content (AvgIpc) is 2.86. The second kappa shape index (κ2) is 4.90. The van der Waals surface area contributed by atoms with E-state index in [4.69, 9.17) is 4.74 Å². The minimum absolute atomic E-state index is 0.422. The summed E-state index contributed by atoms with van der Waals surface area (Å²) in [6, 6.07) is 6.29. The first-order valence-electron chi connectivity index (χ1n) is 6.94. The van der Waals surface area contributed by atoms with E-state index >= 15 is 0 Å². The molecule has 2 aliphatic rings. The normalized spacial score (nSPS) is 21.6. The predicted octanol–water partition coefficient (Wildman–Crippen LogP) is 1.67. The van der Waals surface area contributed by atoms with Crippen molar-refractivity contribution in [1.29, 1.82) is 0 Å². The second-order valence-corrected chi connectivity index (χ2v) is 5.51. The Balaban J connectivity index is 1.68. The van der Waals surface area contributed by atoms with Crippen molar-refractivity contribution in [3.8, 4) is 5.75 Å². The quantitative estimate of drug-likeness (QED) is 0.853. The molecule has 0 aromatic heterocycles. The highest BCUT2D eigenvalue weighted by Crippen LogP contribution is 2.31. The monoisotopic (exact) mass is 247 g/mol. The number of aryl methyl sites for hydroxylation is 1. The number of benzene rings is 1. The molecule has 3 rings (SSSR count). The molecule has 1 fully saturated rings. The van der Waals surface area contributed by atoms with Gasteiger partial charge < -0.3 is 15.2 Å². The predicted molar refractivity (Wildman–Crippen MR) is 71.0 cm³/mol. The summed E-state index contributed by atoms with van der Waals surface area (Å²) in [6.07, 6.45) is 5.07. The van der Waals surface area contributed by atoms with E-state index in [2.05, 4.69) is 17.4 Å². The minimum Gasteiger partial charge on any atom is -0.490 e. The van der Waals surface area contributed by atoms with Crippen LogP contribution in [0.2, 0.25) is 0 Å². The van der Waals surface area contributed by atoms with Crippen molar-refractivity contribution in [3.05, 3.63) is 29.3 Å². The molecule has 0 saturated carbocycles. The fraction of sp³-hybridized carbons (Fsp3) is 0.600. The van der Waals surface area contributed by atoms with Crippen LogP contribution in [0.25, 0.3) is 0 Å². The molecule has 0 radical (unpaired) electrons. The number of ether oxygens (including phenoxy) is 1. The first-order valence-corrected chi connectivity index (χ1v) is 6.94. The van der Waals surface area contributed by atoms with E-state index in [0.29, 0.717) is 6.61 Å². The van der Waals surface area contributed by atoms with Crippen LogP contribution in [0.15, 0.2) is 18.2 Å². The van der Waals surface area contributed by atoms with Gasteiger partial charge in [-0.25, -0.2) is 0 Å². The third-order valence-electron chi connectivity index (χ3n) is 4.13. The van der Waals surface area contributed by atoms with Gasteiger partial charge in [0, 0.05) is 0 Å².